The third-order valence-electron chi connectivity index (χ3n) is 3.76. The van der Waals surface area contributed by atoms with E-state index in [0.717, 1.165) is 5.92 Å². The molecule has 2 rings (SSSR count). The van der Waals surface area contributed by atoms with E-state index in [4.69, 9.17) is 0 Å². The summed E-state index contributed by atoms with van der Waals surface area (Å²) in [6.07, 6.45) is 11.9. The van der Waals surface area contributed by atoms with Gasteiger partial charge in [-0.2, -0.15) is 0 Å². The summed E-state index contributed by atoms with van der Waals surface area (Å²) in [7, 11) is 0. The number of nitrogens with zero attached hydrogens (tertiary/aromatic N) is 1. The lowest BCUT2D eigenvalue weighted by molar-refractivity contribution is 0.265. The minimum Gasteiger partial charge on any atom is -0.303 e. The van der Waals surface area contributed by atoms with Gasteiger partial charge in [-0.3, -0.25) is 0 Å². The highest BCUT2D eigenvalue weighted by atomic mass is 15.1. The van der Waals surface area contributed by atoms with Crippen LogP contribution in [0.1, 0.15) is 51.4 Å². The van der Waals surface area contributed by atoms with Crippen molar-refractivity contribution < 1.29 is 0 Å². The molecule has 0 N–H and O–H groups in total. The summed E-state index contributed by atoms with van der Waals surface area (Å²) in [4.78, 5) is 2.70. The van der Waals surface area contributed by atoms with Gasteiger partial charge in [0, 0.05) is 0 Å². The second-order valence-electron chi connectivity index (χ2n) is 4.84. The Morgan fingerprint density at radius 2 is 1.15 bits per heavy atom. The Morgan fingerprint density at radius 1 is 0.615 bits per heavy atom. The van der Waals surface area contributed by atoms with Crippen molar-refractivity contribution >= 4 is 0 Å². The molecular weight excluding hydrogens is 158 g/mol. The van der Waals surface area contributed by atoms with Crippen molar-refractivity contribution in [1.29, 1.82) is 0 Å². The number of hydrogen-bond donors (Lipinski definition) is 0. The Labute approximate surface area is 82.5 Å². The van der Waals surface area contributed by atoms with Crippen LogP contribution in [-0.4, -0.2) is 24.5 Å². The highest BCUT2D eigenvalue weighted by molar-refractivity contribution is 4.70. The normalized spacial score (nSPS) is 36.9. The summed E-state index contributed by atoms with van der Waals surface area (Å²) in [6.45, 7) is 4.15. The van der Waals surface area contributed by atoms with E-state index in [2.05, 4.69) is 4.90 Å². The molecule has 0 amide bonds. The van der Waals surface area contributed by atoms with Crippen molar-refractivity contribution in [2.24, 2.45) is 5.92 Å². The van der Waals surface area contributed by atoms with Gasteiger partial charge in [0.2, 0.25) is 0 Å². The topological polar surface area (TPSA) is 3.24 Å². The molecule has 2 fully saturated rings. The van der Waals surface area contributed by atoms with Gasteiger partial charge in [0.05, 0.1) is 0 Å². The van der Waals surface area contributed by atoms with E-state index in [1.54, 1.807) is 0 Å². The van der Waals surface area contributed by atoms with Crippen LogP contribution in [-0.2, 0) is 0 Å². The maximum absolute atomic E-state index is 2.70. The summed E-state index contributed by atoms with van der Waals surface area (Å²) in [6, 6.07) is 0. The van der Waals surface area contributed by atoms with Gasteiger partial charge < -0.3 is 4.90 Å². The van der Waals surface area contributed by atoms with Gasteiger partial charge in [-0.1, -0.05) is 25.7 Å². The van der Waals surface area contributed by atoms with Crippen LogP contribution in [0.3, 0.4) is 0 Å². The van der Waals surface area contributed by atoms with E-state index in [-0.39, 0.29) is 0 Å². The molecule has 0 spiro atoms. The van der Waals surface area contributed by atoms with Crippen LogP contribution in [0, 0.1) is 5.92 Å². The van der Waals surface area contributed by atoms with Crippen molar-refractivity contribution in [3.05, 3.63) is 0 Å². The van der Waals surface area contributed by atoms with Gasteiger partial charge in [0.1, 0.15) is 0 Å². The molecule has 0 aliphatic carbocycles. The lowest BCUT2D eigenvalue weighted by Gasteiger charge is -2.21. The van der Waals surface area contributed by atoms with E-state index < -0.39 is 0 Å². The Hall–Kier alpha value is -0.0400. The molecule has 2 aliphatic heterocycles. The van der Waals surface area contributed by atoms with Crippen LogP contribution in [0.2, 0.25) is 0 Å². The summed E-state index contributed by atoms with van der Waals surface area (Å²) < 4.78 is 0. The molecule has 0 aromatic heterocycles. The summed E-state index contributed by atoms with van der Waals surface area (Å²) in [5.41, 5.74) is 0. The maximum atomic E-state index is 2.70. The van der Waals surface area contributed by atoms with Gasteiger partial charge in [0.15, 0.2) is 0 Å². The van der Waals surface area contributed by atoms with Crippen molar-refractivity contribution in [2.45, 2.75) is 51.4 Å². The largest absolute Gasteiger partial charge is 0.303 e. The SMILES string of the molecule is C1CCN2CCCCC(C1)CCC2. The Balaban J connectivity index is 1.95. The molecule has 0 atom stereocenters. The summed E-state index contributed by atoms with van der Waals surface area (Å²) >= 11 is 0. The van der Waals surface area contributed by atoms with Crippen LogP contribution in [0.15, 0.2) is 0 Å². The first-order valence-electron chi connectivity index (χ1n) is 6.17. The fourth-order valence-electron chi connectivity index (χ4n) is 2.91. The molecule has 0 aromatic carbocycles. The van der Waals surface area contributed by atoms with Gasteiger partial charge in [-0.15, -0.1) is 0 Å². The first-order chi connectivity index (χ1) is 6.45. The third kappa shape index (κ3) is 2.98. The molecule has 2 heterocycles. The molecule has 1 heteroatoms. The molecule has 0 saturated carbocycles. The van der Waals surface area contributed by atoms with Gasteiger partial charge in [-0.25, -0.2) is 0 Å². The molecule has 2 aliphatic rings. The summed E-state index contributed by atoms with van der Waals surface area (Å²) in [5, 5.41) is 0. The number of fused-ring (bicyclic) bond motifs is 4. The van der Waals surface area contributed by atoms with Crippen LogP contribution in [0.5, 0.6) is 0 Å². The zero-order valence-corrected chi connectivity index (χ0v) is 8.80. The van der Waals surface area contributed by atoms with Crippen molar-refractivity contribution in [3.63, 3.8) is 0 Å². The highest BCUT2D eigenvalue weighted by Crippen LogP contribution is 2.25. The van der Waals surface area contributed by atoms with Gasteiger partial charge in [0.25, 0.3) is 0 Å². The number of hydrogen-bond acceptors (Lipinski definition) is 1. The standard InChI is InChI=1S/C12H23N/c1-3-9-13-10-4-2-7-12(6-1)8-5-11-13/h12H,1-11H2. The molecule has 13 heavy (non-hydrogen) atoms. The van der Waals surface area contributed by atoms with Gasteiger partial charge in [-0.05, 0) is 51.2 Å². The average molecular weight is 181 g/mol. The smallest absolute Gasteiger partial charge is 0.00186 e. The molecule has 1 nitrogen and oxygen atoms in total. The molecular formula is C12H23N. The van der Waals surface area contributed by atoms with Crippen LogP contribution in [0.25, 0.3) is 0 Å². The maximum Gasteiger partial charge on any atom is -0.00186 e. The van der Waals surface area contributed by atoms with Crippen LogP contribution in [0.4, 0.5) is 0 Å². The predicted octanol–water partition coefficient (Wildman–Crippen LogP) is 3.05. The molecule has 2 bridgehead atoms. The second kappa shape index (κ2) is 4.99. The van der Waals surface area contributed by atoms with Crippen LogP contribution >= 0.6 is 0 Å². The monoisotopic (exact) mass is 181 g/mol. The first kappa shape index (κ1) is 9.51. The first-order valence-corrected chi connectivity index (χ1v) is 6.17. The molecule has 0 aromatic rings. The fourth-order valence-corrected chi connectivity index (χ4v) is 2.91. The minimum atomic E-state index is 1.08. The Bertz CT molecular complexity index is 116. The van der Waals surface area contributed by atoms with E-state index in [1.165, 1.54) is 71.0 Å². The van der Waals surface area contributed by atoms with Crippen molar-refractivity contribution in [1.82, 2.24) is 4.90 Å². The quantitative estimate of drug-likeness (QED) is 0.555. The molecule has 2 saturated heterocycles. The van der Waals surface area contributed by atoms with E-state index in [0.29, 0.717) is 0 Å². The average Bonchev–Trinajstić information content (AvgIpc) is 2.33. The zero-order valence-electron chi connectivity index (χ0n) is 8.80. The predicted molar refractivity (Wildman–Crippen MR) is 56.9 cm³/mol. The van der Waals surface area contributed by atoms with Crippen molar-refractivity contribution in [2.75, 3.05) is 19.6 Å². The lowest BCUT2D eigenvalue weighted by atomic mass is 9.92. The van der Waals surface area contributed by atoms with Gasteiger partial charge >= 0.3 is 0 Å². The Morgan fingerprint density at radius 3 is 1.85 bits per heavy atom. The molecule has 76 valence electrons. The second-order valence-corrected chi connectivity index (χ2v) is 4.84. The third-order valence-corrected chi connectivity index (χ3v) is 3.76. The van der Waals surface area contributed by atoms with E-state index >= 15 is 0 Å². The Kier molecular flexibility index (Phi) is 3.65. The molecule has 0 unspecified atom stereocenters. The lowest BCUT2D eigenvalue weighted by Crippen LogP contribution is -2.26. The van der Waals surface area contributed by atoms with E-state index in [9.17, 15) is 0 Å². The minimum absolute atomic E-state index is 1.08. The highest BCUT2D eigenvalue weighted by Gasteiger charge is 2.15. The van der Waals surface area contributed by atoms with E-state index in [1.807, 2.05) is 0 Å². The fraction of sp³-hybridized carbons (Fsp3) is 1.00. The zero-order chi connectivity index (χ0) is 8.93. The number of rotatable bonds is 0. The van der Waals surface area contributed by atoms with Crippen molar-refractivity contribution in [3.8, 4) is 0 Å². The van der Waals surface area contributed by atoms with Crippen LogP contribution < -0.4 is 0 Å². The summed E-state index contributed by atoms with van der Waals surface area (Å²) in [5.74, 6) is 1.08. The molecule has 0 radical (unpaired) electrons.